The van der Waals surface area contributed by atoms with E-state index in [1.807, 2.05) is 32.3 Å². The molecule has 1 N–H and O–H groups in total. The molecule has 2 rings (SSSR count). The lowest BCUT2D eigenvalue weighted by molar-refractivity contribution is 0.300. The van der Waals surface area contributed by atoms with Crippen molar-refractivity contribution >= 4 is 5.69 Å². The van der Waals surface area contributed by atoms with E-state index in [9.17, 15) is 0 Å². The number of rotatable bonds is 4. The highest BCUT2D eigenvalue weighted by atomic mass is 16.2. The van der Waals surface area contributed by atoms with Crippen LogP contribution in [0, 0.1) is 0 Å². The molecule has 0 aliphatic rings. The minimum Gasteiger partial charge on any atom is -0.396 e. The number of hydrogen-bond acceptors (Lipinski definition) is 2. The molecule has 0 saturated carbocycles. The lowest BCUT2D eigenvalue weighted by atomic mass is 9.96. The van der Waals surface area contributed by atoms with E-state index in [-0.39, 0.29) is 6.61 Å². The molecule has 0 radical (unpaired) electrons. The Balaban J connectivity index is 2.55. The first-order valence-electron chi connectivity index (χ1n) is 6.19. The zero-order valence-electron chi connectivity index (χ0n) is 10.9. The normalized spacial score (nSPS) is 10.4. The molecule has 0 aliphatic carbocycles. The van der Waals surface area contributed by atoms with Crippen molar-refractivity contribution in [3.8, 4) is 11.1 Å². The molecule has 2 nitrogen and oxygen atoms in total. The van der Waals surface area contributed by atoms with E-state index < -0.39 is 0 Å². The quantitative estimate of drug-likeness (QED) is 0.889. The Morgan fingerprint density at radius 3 is 2.17 bits per heavy atom. The monoisotopic (exact) mass is 241 g/mol. The first kappa shape index (κ1) is 12.7. The Morgan fingerprint density at radius 2 is 1.50 bits per heavy atom. The molecule has 0 amide bonds. The lowest BCUT2D eigenvalue weighted by Crippen LogP contribution is -2.10. The molecule has 0 unspecified atom stereocenters. The van der Waals surface area contributed by atoms with Crippen molar-refractivity contribution in [3.63, 3.8) is 0 Å². The molecule has 2 heteroatoms. The number of aliphatic hydroxyl groups is 1. The smallest absolute Gasteiger partial charge is 0.0471 e. The van der Waals surface area contributed by atoms with Crippen LogP contribution in [0.1, 0.15) is 5.56 Å². The Labute approximate surface area is 109 Å². The molecule has 0 fully saturated rings. The van der Waals surface area contributed by atoms with Gasteiger partial charge in [-0.15, -0.1) is 0 Å². The van der Waals surface area contributed by atoms with Gasteiger partial charge in [0.25, 0.3) is 0 Å². The van der Waals surface area contributed by atoms with E-state index in [2.05, 4.69) is 35.2 Å². The van der Waals surface area contributed by atoms with Crippen LogP contribution in [0.15, 0.2) is 48.5 Å². The summed E-state index contributed by atoms with van der Waals surface area (Å²) in [6.45, 7) is 0.182. The van der Waals surface area contributed by atoms with Gasteiger partial charge in [-0.2, -0.15) is 0 Å². The third-order valence-electron chi connectivity index (χ3n) is 3.07. The number of aliphatic hydroxyl groups excluding tert-OH is 1. The van der Waals surface area contributed by atoms with E-state index in [4.69, 9.17) is 5.11 Å². The second kappa shape index (κ2) is 5.69. The largest absolute Gasteiger partial charge is 0.396 e. The molecule has 0 saturated heterocycles. The zero-order valence-corrected chi connectivity index (χ0v) is 10.9. The van der Waals surface area contributed by atoms with Crippen molar-refractivity contribution < 1.29 is 5.11 Å². The Kier molecular flexibility index (Phi) is 4.00. The summed E-state index contributed by atoms with van der Waals surface area (Å²) in [5.74, 6) is 0. The topological polar surface area (TPSA) is 23.5 Å². The Bertz CT molecular complexity index is 520. The summed E-state index contributed by atoms with van der Waals surface area (Å²) >= 11 is 0. The lowest BCUT2D eigenvalue weighted by Gasteiger charge is -2.19. The van der Waals surface area contributed by atoms with Gasteiger partial charge >= 0.3 is 0 Å². The van der Waals surface area contributed by atoms with Gasteiger partial charge in [0.15, 0.2) is 0 Å². The Hall–Kier alpha value is -1.80. The predicted molar refractivity (Wildman–Crippen MR) is 77.0 cm³/mol. The fourth-order valence-electron chi connectivity index (χ4n) is 2.21. The van der Waals surface area contributed by atoms with Crippen LogP contribution in [-0.2, 0) is 6.42 Å². The fourth-order valence-corrected chi connectivity index (χ4v) is 2.21. The Morgan fingerprint density at radius 1 is 0.889 bits per heavy atom. The zero-order chi connectivity index (χ0) is 13.0. The average molecular weight is 241 g/mol. The SMILES string of the molecule is CN(C)c1ccccc1-c1ccccc1CCO. The number of anilines is 1. The number of nitrogens with zero attached hydrogens (tertiary/aromatic N) is 1. The minimum absolute atomic E-state index is 0.182. The third-order valence-corrected chi connectivity index (χ3v) is 3.07. The van der Waals surface area contributed by atoms with Gasteiger partial charge in [0.1, 0.15) is 0 Å². The molecule has 18 heavy (non-hydrogen) atoms. The van der Waals surface area contributed by atoms with Crippen molar-refractivity contribution in [2.24, 2.45) is 0 Å². The molecule has 0 heterocycles. The van der Waals surface area contributed by atoms with Crippen LogP contribution in [-0.4, -0.2) is 25.8 Å². The summed E-state index contributed by atoms with van der Waals surface area (Å²) < 4.78 is 0. The summed E-state index contributed by atoms with van der Waals surface area (Å²) in [5, 5.41) is 9.16. The van der Waals surface area contributed by atoms with Gasteiger partial charge in [-0.05, 0) is 23.6 Å². The molecule has 2 aromatic rings. The molecule has 0 spiro atoms. The summed E-state index contributed by atoms with van der Waals surface area (Å²) in [6, 6.07) is 16.6. The van der Waals surface area contributed by atoms with E-state index in [1.54, 1.807) is 0 Å². The van der Waals surface area contributed by atoms with Crippen molar-refractivity contribution in [3.05, 3.63) is 54.1 Å². The van der Waals surface area contributed by atoms with Crippen molar-refractivity contribution in [1.29, 1.82) is 0 Å². The molecule has 0 aromatic heterocycles. The molecule has 2 aromatic carbocycles. The minimum atomic E-state index is 0.182. The maximum absolute atomic E-state index is 9.16. The van der Waals surface area contributed by atoms with E-state index in [0.717, 1.165) is 0 Å². The summed E-state index contributed by atoms with van der Waals surface area (Å²) in [7, 11) is 4.10. The van der Waals surface area contributed by atoms with Crippen molar-refractivity contribution in [2.45, 2.75) is 6.42 Å². The number of hydrogen-bond donors (Lipinski definition) is 1. The molecule has 0 atom stereocenters. The highest BCUT2D eigenvalue weighted by Crippen LogP contribution is 2.32. The number of benzene rings is 2. The first-order chi connectivity index (χ1) is 8.74. The van der Waals surface area contributed by atoms with Crippen molar-refractivity contribution in [2.75, 3.05) is 25.6 Å². The van der Waals surface area contributed by atoms with E-state index >= 15 is 0 Å². The maximum atomic E-state index is 9.16. The molecular weight excluding hydrogens is 222 g/mol. The molecule has 0 aliphatic heterocycles. The molecule has 94 valence electrons. The van der Waals surface area contributed by atoms with Crippen LogP contribution >= 0.6 is 0 Å². The van der Waals surface area contributed by atoms with Gasteiger partial charge in [0.05, 0.1) is 0 Å². The second-order valence-electron chi connectivity index (χ2n) is 4.54. The third kappa shape index (κ3) is 2.54. The van der Waals surface area contributed by atoms with Gasteiger partial charge in [-0.1, -0.05) is 42.5 Å². The fraction of sp³-hybridized carbons (Fsp3) is 0.250. The summed E-state index contributed by atoms with van der Waals surface area (Å²) in [4.78, 5) is 2.12. The van der Waals surface area contributed by atoms with Gasteiger partial charge in [0, 0.05) is 32.0 Å². The maximum Gasteiger partial charge on any atom is 0.0471 e. The second-order valence-corrected chi connectivity index (χ2v) is 4.54. The van der Waals surface area contributed by atoms with Gasteiger partial charge in [-0.25, -0.2) is 0 Å². The van der Waals surface area contributed by atoms with Crippen LogP contribution in [0.3, 0.4) is 0 Å². The average Bonchev–Trinajstić information content (AvgIpc) is 2.40. The van der Waals surface area contributed by atoms with Gasteiger partial charge < -0.3 is 10.0 Å². The van der Waals surface area contributed by atoms with Gasteiger partial charge in [0.2, 0.25) is 0 Å². The standard InChI is InChI=1S/C16H19NO/c1-17(2)16-10-6-5-9-15(16)14-8-4-3-7-13(14)11-12-18/h3-10,18H,11-12H2,1-2H3. The highest BCUT2D eigenvalue weighted by Gasteiger charge is 2.09. The first-order valence-corrected chi connectivity index (χ1v) is 6.19. The summed E-state index contributed by atoms with van der Waals surface area (Å²) in [5.41, 5.74) is 4.81. The predicted octanol–water partition coefficient (Wildman–Crippen LogP) is 2.95. The van der Waals surface area contributed by atoms with Crippen LogP contribution in [0.25, 0.3) is 11.1 Å². The van der Waals surface area contributed by atoms with Gasteiger partial charge in [-0.3, -0.25) is 0 Å². The van der Waals surface area contributed by atoms with Crippen LogP contribution in [0.2, 0.25) is 0 Å². The van der Waals surface area contributed by atoms with Crippen LogP contribution < -0.4 is 4.90 Å². The molecular formula is C16H19NO. The highest BCUT2D eigenvalue weighted by molar-refractivity contribution is 5.80. The van der Waals surface area contributed by atoms with E-state index in [0.29, 0.717) is 6.42 Å². The van der Waals surface area contributed by atoms with Crippen LogP contribution in [0.4, 0.5) is 5.69 Å². The summed E-state index contributed by atoms with van der Waals surface area (Å²) in [6.07, 6.45) is 0.692. The van der Waals surface area contributed by atoms with E-state index in [1.165, 1.54) is 22.4 Å². The van der Waals surface area contributed by atoms with Crippen LogP contribution in [0.5, 0.6) is 0 Å². The molecule has 0 bridgehead atoms. The van der Waals surface area contributed by atoms with Crippen molar-refractivity contribution in [1.82, 2.24) is 0 Å². The number of para-hydroxylation sites is 1.